The fourth-order valence-electron chi connectivity index (χ4n) is 3.57. The van der Waals surface area contributed by atoms with Crippen molar-refractivity contribution in [2.45, 2.75) is 18.7 Å². The van der Waals surface area contributed by atoms with Crippen molar-refractivity contribution in [2.24, 2.45) is 4.99 Å². The van der Waals surface area contributed by atoms with Gasteiger partial charge in [-0.15, -0.1) is 0 Å². The van der Waals surface area contributed by atoms with E-state index in [0.717, 1.165) is 16.8 Å². The number of ether oxygens (including phenoxy) is 1. The first-order chi connectivity index (χ1) is 12.1. The Kier molecular flexibility index (Phi) is 4.70. The molecule has 0 aliphatic carbocycles. The van der Waals surface area contributed by atoms with Crippen LogP contribution in [0.1, 0.15) is 18.1 Å². The second-order valence-electron chi connectivity index (χ2n) is 6.16. The molecule has 2 aromatic rings. The number of benzene rings is 2. The highest BCUT2D eigenvalue weighted by molar-refractivity contribution is 14.1. The molecule has 2 aliphatic heterocycles. The summed E-state index contributed by atoms with van der Waals surface area (Å²) in [4.78, 5) is 6.91. The normalized spacial score (nSPS) is 25.8. The Bertz CT molecular complexity index is 861. The van der Waals surface area contributed by atoms with Gasteiger partial charge in [0.05, 0.1) is 18.8 Å². The summed E-state index contributed by atoms with van der Waals surface area (Å²) in [7, 11) is 0. The van der Waals surface area contributed by atoms with Crippen molar-refractivity contribution in [2.75, 3.05) is 13.2 Å². The van der Waals surface area contributed by atoms with Crippen LogP contribution in [0.2, 0.25) is 10.0 Å². The first kappa shape index (κ1) is 17.5. The van der Waals surface area contributed by atoms with Crippen LogP contribution in [0.5, 0.6) is 0 Å². The zero-order chi connectivity index (χ0) is 17.6. The molecular formula is C18H15Cl2IN2O2. The third kappa shape index (κ3) is 2.77. The molecule has 0 N–H and O–H groups in total. The lowest BCUT2D eigenvalue weighted by Gasteiger charge is -2.39. The molecule has 0 bridgehead atoms. The minimum atomic E-state index is -0.849. The Balaban J connectivity index is 2.05. The molecule has 4 rings (SSSR count). The Morgan fingerprint density at radius 2 is 2.04 bits per heavy atom. The molecule has 0 saturated carbocycles. The summed E-state index contributed by atoms with van der Waals surface area (Å²) in [6, 6.07) is 13.5. The summed E-state index contributed by atoms with van der Waals surface area (Å²) < 4.78 is 11.9. The van der Waals surface area contributed by atoms with E-state index in [1.54, 1.807) is 0 Å². The maximum absolute atomic E-state index is 6.59. The average Bonchev–Trinajstić information content (AvgIpc) is 2.85. The molecule has 4 nitrogen and oxygen atoms in total. The maximum atomic E-state index is 6.59. The van der Waals surface area contributed by atoms with Crippen LogP contribution in [-0.4, -0.2) is 30.0 Å². The van der Waals surface area contributed by atoms with E-state index in [1.807, 2.05) is 65.5 Å². The van der Waals surface area contributed by atoms with E-state index in [9.17, 15) is 0 Å². The minimum absolute atomic E-state index is 0.165. The van der Waals surface area contributed by atoms with Crippen molar-refractivity contribution in [3.63, 3.8) is 0 Å². The van der Waals surface area contributed by atoms with Gasteiger partial charge in [-0.2, -0.15) is 0 Å². The van der Waals surface area contributed by atoms with Crippen LogP contribution in [0, 0.1) is 0 Å². The number of rotatable bonds is 1. The Hall–Kier alpha value is -0.860. The van der Waals surface area contributed by atoms with Crippen molar-refractivity contribution in [1.29, 1.82) is 0 Å². The van der Waals surface area contributed by atoms with Crippen molar-refractivity contribution in [3.05, 3.63) is 63.6 Å². The molecule has 0 aromatic heterocycles. The van der Waals surface area contributed by atoms with Crippen molar-refractivity contribution in [1.82, 2.24) is 4.90 Å². The predicted octanol–water partition coefficient (Wildman–Crippen LogP) is 5.33. The smallest absolute Gasteiger partial charge is 0.214 e. The lowest BCUT2D eigenvalue weighted by atomic mass is 9.91. The van der Waals surface area contributed by atoms with E-state index in [0.29, 0.717) is 29.1 Å². The standard InChI is InChI=1S/C18H15Cl2IN2O2/c1-11-10-24-18(13-4-2-3-5-15(13)20)14-8-12(19)6-7-16(14)22-17(25-21)9-23(11)18/h2-8,11H,9-10H2,1H3. The summed E-state index contributed by atoms with van der Waals surface area (Å²) in [5.74, 6) is 0.621. The summed E-state index contributed by atoms with van der Waals surface area (Å²) in [5.41, 5.74) is 1.68. The molecule has 0 spiro atoms. The van der Waals surface area contributed by atoms with E-state index in [2.05, 4.69) is 16.8 Å². The van der Waals surface area contributed by atoms with Gasteiger partial charge in [0.15, 0.2) is 28.7 Å². The lowest BCUT2D eigenvalue weighted by molar-refractivity contribution is -0.0477. The molecule has 1 fully saturated rings. The van der Waals surface area contributed by atoms with Gasteiger partial charge in [0, 0.05) is 27.2 Å². The van der Waals surface area contributed by atoms with Crippen LogP contribution in [0.25, 0.3) is 0 Å². The summed E-state index contributed by atoms with van der Waals surface area (Å²) in [6.45, 7) is 3.21. The predicted molar refractivity (Wildman–Crippen MR) is 108 cm³/mol. The third-order valence-electron chi connectivity index (χ3n) is 4.67. The van der Waals surface area contributed by atoms with Gasteiger partial charge in [0.1, 0.15) is 0 Å². The van der Waals surface area contributed by atoms with Crippen LogP contribution in [-0.2, 0) is 13.5 Å². The van der Waals surface area contributed by atoms with E-state index in [1.165, 1.54) is 0 Å². The second kappa shape index (κ2) is 6.70. The Morgan fingerprint density at radius 3 is 2.80 bits per heavy atom. The zero-order valence-electron chi connectivity index (χ0n) is 13.4. The van der Waals surface area contributed by atoms with Gasteiger partial charge in [-0.3, -0.25) is 4.90 Å². The SMILES string of the molecule is CC1COC2(c3ccccc3Cl)c3cc(Cl)ccc3N=C(OI)CN12. The van der Waals surface area contributed by atoms with Crippen LogP contribution < -0.4 is 0 Å². The topological polar surface area (TPSA) is 34.1 Å². The molecule has 1 saturated heterocycles. The molecule has 0 amide bonds. The average molecular weight is 489 g/mol. The highest BCUT2D eigenvalue weighted by Gasteiger charge is 2.52. The minimum Gasteiger partial charge on any atom is -0.411 e. The number of hydrogen-bond acceptors (Lipinski definition) is 4. The molecule has 0 radical (unpaired) electrons. The molecule has 2 heterocycles. The first-order valence-corrected chi connectivity index (χ1v) is 9.52. The number of hydrogen-bond donors (Lipinski definition) is 0. The van der Waals surface area contributed by atoms with Gasteiger partial charge in [0.2, 0.25) is 5.90 Å². The molecule has 2 aliphatic rings. The van der Waals surface area contributed by atoms with Crippen molar-refractivity contribution < 1.29 is 7.80 Å². The van der Waals surface area contributed by atoms with Crippen molar-refractivity contribution in [3.8, 4) is 0 Å². The Labute approximate surface area is 170 Å². The highest BCUT2D eigenvalue weighted by Crippen LogP contribution is 2.50. The monoisotopic (exact) mass is 488 g/mol. The lowest BCUT2D eigenvalue weighted by Crippen LogP contribution is -2.47. The zero-order valence-corrected chi connectivity index (χ0v) is 17.0. The van der Waals surface area contributed by atoms with Crippen LogP contribution in [0.4, 0.5) is 5.69 Å². The summed E-state index contributed by atoms with van der Waals surface area (Å²) in [6.07, 6.45) is 0. The van der Waals surface area contributed by atoms with Gasteiger partial charge in [-0.05, 0) is 31.2 Å². The van der Waals surface area contributed by atoms with Gasteiger partial charge >= 0.3 is 0 Å². The van der Waals surface area contributed by atoms with Gasteiger partial charge in [0.25, 0.3) is 0 Å². The fourth-order valence-corrected chi connectivity index (χ4v) is 4.25. The number of nitrogens with zero attached hydrogens (tertiary/aromatic N) is 2. The molecule has 25 heavy (non-hydrogen) atoms. The summed E-state index contributed by atoms with van der Waals surface area (Å²) in [5, 5.41) is 1.27. The van der Waals surface area contributed by atoms with Crippen molar-refractivity contribution >= 4 is 57.8 Å². The molecule has 2 aromatic carbocycles. The molecule has 7 heteroatoms. The van der Waals surface area contributed by atoms with E-state index >= 15 is 0 Å². The largest absolute Gasteiger partial charge is 0.411 e. The number of fused-ring (bicyclic) bond motifs is 3. The van der Waals surface area contributed by atoms with Crippen LogP contribution in [0.3, 0.4) is 0 Å². The van der Waals surface area contributed by atoms with Gasteiger partial charge in [-0.1, -0.05) is 41.4 Å². The Morgan fingerprint density at radius 1 is 1.24 bits per heavy atom. The van der Waals surface area contributed by atoms with Gasteiger partial charge < -0.3 is 7.80 Å². The fraction of sp³-hybridized carbons (Fsp3) is 0.278. The van der Waals surface area contributed by atoms with Gasteiger partial charge in [-0.25, -0.2) is 4.99 Å². The van der Waals surface area contributed by atoms with E-state index in [4.69, 9.17) is 31.0 Å². The molecule has 2 atom stereocenters. The van der Waals surface area contributed by atoms with Crippen LogP contribution in [0.15, 0.2) is 47.5 Å². The highest BCUT2D eigenvalue weighted by atomic mass is 127. The first-order valence-electron chi connectivity index (χ1n) is 7.88. The van der Waals surface area contributed by atoms with E-state index in [-0.39, 0.29) is 6.04 Å². The summed E-state index contributed by atoms with van der Waals surface area (Å²) >= 11 is 14.8. The molecule has 130 valence electrons. The molecular weight excluding hydrogens is 474 g/mol. The third-order valence-corrected chi connectivity index (χ3v) is 5.75. The second-order valence-corrected chi connectivity index (χ2v) is 7.44. The quantitative estimate of drug-likeness (QED) is 0.509. The number of halogens is 3. The maximum Gasteiger partial charge on any atom is 0.214 e. The number of aliphatic imine (C=N–C) groups is 1. The van der Waals surface area contributed by atoms with Crippen LogP contribution >= 0.6 is 46.2 Å². The van der Waals surface area contributed by atoms with E-state index < -0.39 is 5.72 Å². The molecule has 2 unspecified atom stereocenters.